The van der Waals surface area contributed by atoms with Crippen molar-refractivity contribution < 1.29 is 9.53 Å². The van der Waals surface area contributed by atoms with Crippen molar-refractivity contribution in [3.8, 4) is 0 Å². The van der Waals surface area contributed by atoms with Gasteiger partial charge < -0.3 is 15.4 Å². The minimum atomic E-state index is 0.0874. The van der Waals surface area contributed by atoms with Crippen LogP contribution in [-0.4, -0.2) is 49.7 Å². The molecule has 5 nitrogen and oxygen atoms in total. The summed E-state index contributed by atoms with van der Waals surface area (Å²) in [5, 5.41) is 6.41. The van der Waals surface area contributed by atoms with E-state index in [1.54, 1.807) is 0 Å². The summed E-state index contributed by atoms with van der Waals surface area (Å²) in [5.41, 5.74) is 2.55. The number of likely N-dealkylation sites (tertiary alicyclic amines) is 1. The molecule has 0 radical (unpaired) electrons. The fourth-order valence-electron chi connectivity index (χ4n) is 3.80. The first-order chi connectivity index (χ1) is 12.2. The summed E-state index contributed by atoms with van der Waals surface area (Å²) in [4.78, 5) is 14.8. The lowest BCUT2D eigenvalue weighted by atomic mass is 9.99. The summed E-state index contributed by atoms with van der Waals surface area (Å²) < 4.78 is 5.41. The van der Waals surface area contributed by atoms with Gasteiger partial charge in [-0.15, -0.1) is 0 Å². The van der Waals surface area contributed by atoms with Crippen LogP contribution in [0.3, 0.4) is 0 Å². The van der Waals surface area contributed by atoms with Gasteiger partial charge in [-0.1, -0.05) is 31.2 Å². The van der Waals surface area contributed by atoms with Crippen molar-refractivity contribution in [3.63, 3.8) is 0 Å². The number of piperidine rings is 1. The predicted octanol–water partition coefficient (Wildman–Crippen LogP) is 1.91. The minimum absolute atomic E-state index is 0.0874. The van der Waals surface area contributed by atoms with E-state index < -0.39 is 0 Å². The van der Waals surface area contributed by atoms with E-state index in [4.69, 9.17) is 4.74 Å². The first kappa shape index (κ1) is 18.4. The summed E-state index contributed by atoms with van der Waals surface area (Å²) in [5.74, 6) is 0.871. The lowest BCUT2D eigenvalue weighted by Crippen LogP contribution is -2.44. The molecule has 2 N–H and O–H groups in total. The van der Waals surface area contributed by atoms with Crippen molar-refractivity contribution in [2.24, 2.45) is 5.92 Å². The number of rotatable bonds is 6. The van der Waals surface area contributed by atoms with E-state index in [9.17, 15) is 4.79 Å². The average molecular weight is 345 g/mol. The van der Waals surface area contributed by atoms with Gasteiger partial charge in [0.05, 0.1) is 13.2 Å². The van der Waals surface area contributed by atoms with Crippen LogP contribution in [0, 0.1) is 5.92 Å². The van der Waals surface area contributed by atoms with Crippen molar-refractivity contribution in [1.29, 1.82) is 0 Å². The molecular formula is C20H31N3O2. The molecule has 0 aliphatic carbocycles. The third kappa shape index (κ3) is 5.80. The Labute approximate surface area is 151 Å². The number of hydrogen-bond acceptors (Lipinski definition) is 4. The molecule has 1 amide bonds. The number of hydrogen-bond donors (Lipinski definition) is 2. The van der Waals surface area contributed by atoms with Gasteiger partial charge in [0.2, 0.25) is 5.91 Å². The maximum absolute atomic E-state index is 12.2. The Morgan fingerprint density at radius 1 is 1.36 bits per heavy atom. The molecule has 2 unspecified atom stereocenters. The van der Waals surface area contributed by atoms with Crippen LogP contribution < -0.4 is 10.6 Å². The summed E-state index contributed by atoms with van der Waals surface area (Å²) in [6.07, 6.45) is 3.11. The third-order valence-corrected chi connectivity index (χ3v) is 5.16. The molecule has 2 aliphatic heterocycles. The zero-order chi connectivity index (χ0) is 17.5. The highest BCUT2D eigenvalue weighted by Crippen LogP contribution is 2.19. The van der Waals surface area contributed by atoms with Crippen molar-refractivity contribution in [2.75, 3.05) is 32.8 Å². The number of nitrogens with zero attached hydrogens (tertiary/aromatic N) is 1. The van der Waals surface area contributed by atoms with Gasteiger partial charge in [0.15, 0.2) is 0 Å². The zero-order valence-electron chi connectivity index (χ0n) is 15.3. The normalized spacial score (nSPS) is 24.8. The summed E-state index contributed by atoms with van der Waals surface area (Å²) >= 11 is 0. The van der Waals surface area contributed by atoms with Crippen LogP contribution in [0.1, 0.15) is 37.3 Å². The van der Waals surface area contributed by atoms with E-state index in [2.05, 4.69) is 46.7 Å². The third-order valence-electron chi connectivity index (χ3n) is 5.16. The number of carbonyl (C=O) groups is 1. The Balaban J connectivity index is 1.50. The number of ether oxygens (including phenoxy) is 1. The van der Waals surface area contributed by atoms with E-state index in [0.29, 0.717) is 19.6 Å². The second kappa shape index (κ2) is 9.32. The molecule has 0 saturated carbocycles. The van der Waals surface area contributed by atoms with Crippen molar-refractivity contribution in [3.05, 3.63) is 35.4 Å². The van der Waals surface area contributed by atoms with Gasteiger partial charge in [0.1, 0.15) is 0 Å². The Kier molecular flexibility index (Phi) is 6.84. The van der Waals surface area contributed by atoms with Gasteiger partial charge in [-0.25, -0.2) is 0 Å². The molecule has 25 heavy (non-hydrogen) atoms. The number of carbonyl (C=O) groups excluding carboxylic acids is 1. The SMILES string of the molecule is CC1CCCN(Cc2ccccc2CNC(=O)CC2COCCN2)C1. The maximum atomic E-state index is 12.2. The molecule has 2 heterocycles. The molecule has 2 atom stereocenters. The fraction of sp³-hybridized carbons (Fsp3) is 0.650. The first-order valence-corrected chi connectivity index (χ1v) is 9.57. The zero-order valence-corrected chi connectivity index (χ0v) is 15.3. The Morgan fingerprint density at radius 2 is 2.20 bits per heavy atom. The standard InChI is InChI=1S/C20H31N3O2/c1-16-5-4-9-23(13-16)14-18-7-3-2-6-17(18)12-22-20(24)11-19-15-25-10-8-21-19/h2-3,6-7,16,19,21H,4-5,8-15H2,1H3,(H,22,24). The second-order valence-corrected chi connectivity index (χ2v) is 7.46. The van der Waals surface area contributed by atoms with Gasteiger partial charge in [-0.3, -0.25) is 9.69 Å². The quantitative estimate of drug-likeness (QED) is 0.827. The Morgan fingerprint density at radius 3 is 2.96 bits per heavy atom. The molecule has 0 spiro atoms. The fourth-order valence-corrected chi connectivity index (χ4v) is 3.80. The van der Waals surface area contributed by atoms with Gasteiger partial charge in [-0.2, -0.15) is 0 Å². The predicted molar refractivity (Wildman–Crippen MR) is 99.2 cm³/mol. The monoisotopic (exact) mass is 345 g/mol. The van der Waals surface area contributed by atoms with Gasteiger partial charge >= 0.3 is 0 Å². The first-order valence-electron chi connectivity index (χ1n) is 9.57. The molecule has 138 valence electrons. The molecule has 2 saturated heterocycles. The van der Waals surface area contributed by atoms with Crippen molar-refractivity contribution in [2.45, 2.75) is 45.3 Å². The largest absolute Gasteiger partial charge is 0.378 e. The Hall–Kier alpha value is -1.43. The number of morpholine rings is 1. The summed E-state index contributed by atoms with van der Waals surface area (Å²) in [6, 6.07) is 8.61. The molecule has 0 bridgehead atoms. The highest BCUT2D eigenvalue weighted by atomic mass is 16.5. The molecule has 2 fully saturated rings. The van der Waals surface area contributed by atoms with E-state index in [0.717, 1.165) is 25.6 Å². The Bertz CT molecular complexity index is 558. The summed E-state index contributed by atoms with van der Waals surface area (Å²) in [7, 11) is 0. The van der Waals surface area contributed by atoms with Crippen molar-refractivity contribution >= 4 is 5.91 Å². The smallest absolute Gasteiger partial charge is 0.221 e. The number of nitrogens with one attached hydrogen (secondary N) is 2. The topological polar surface area (TPSA) is 53.6 Å². The highest BCUT2D eigenvalue weighted by Gasteiger charge is 2.18. The highest BCUT2D eigenvalue weighted by molar-refractivity contribution is 5.76. The number of benzene rings is 1. The molecule has 1 aromatic rings. The van der Waals surface area contributed by atoms with E-state index >= 15 is 0 Å². The average Bonchev–Trinajstić information content (AvgIpc) is 2.62. The molecule has 0 aromatic heterocycles. The number of amides is 1. The van der Waals surface area contributed by atoms with Crippen LogP contribution >= 0.6 is 0 Å². The van der Waals surface area contributed by atoms with E-state index in [1.165, 1.54) is 37.1 Å². The lowest BCUT2D eigenvalue weighted by Gasteiger charge is -2.31. The van der Waals surface area contributed by atoms with E-state index in [-0.39, 0.29) is 11.9 Å². The van der Waals surface area contributed by atoms with E-state index in [1.807, 2.05) is 0 Å². The van der Waals surface area contributed by atoms with Gasteiger partial charge in [0.25, 0.3) is 0 Å². The van der Waals surface area contributed by atoms with Crippen LogP contribution in [0.5, 0.6) is 0 Å². The summed E-state index contributed by atoms with van der Waals surface area (Å²) in [6.45, 7) is 8.46. The lowest BCUT2D eigenvalue weighted by molar-refractivity contribution is -0.122. The van der Waals surface area contributed by atoms with Crippen LogP contribution in [0.15, 0.2) is 24.3 Å². The molecule has 5 heteroatoms. The molecular weight excluding hydrogens is 314 g/mol. The van der Waals surface area contributed by atoms with Crippen LogP contribution in [0.25, 0.3) is 0 Å². The second-order valence-electron chi connectivity index (χ2n) is 7.46. The minimum Gasteiger partial charge on any atom is -0.378 e. The molecule has 2 aliphatic rings. The maximum Gasteiger partial charge on any atom is 0.221 e. The van der Waals surface area contributed by atoms with Crippen LogP contribution in [0.2, 0.25) is 0 Å². The molecule has 1 aromatic carbocycles. The van der Waals surface area contributed by atoms with Crippen LogP contribution in [-0.2, 0) is 22.6 Å². The van der Waals surface area contributed by atoms with Gasteiger partial charge in [0, 0.05) is 38.6 Å². The molecule has 3 rings (SSSR count). The van der Waals surface area contributed by atoms with Crippen LogP contribution in [0.4, 0.5) is 0 Å². The van der Waals surface area contributed by atoms with Gasteiger partial charge in [-0.05, 0) is 36.4 Å². The van der Waals surface area contributed by atoms with Crippen molar-refractivity contribution in [1.82, 2.24) is 15.5 Å².